The molecule has 1 fully saturated rings. The average molecular weight is 398 g/mol. The normalized spacial score (nSPS) is 19.8. The third kappa shape index (κ3) is 4.20. The monoisotopic (exact) mass is 397 g/mol. The highest BCUT2D eigenvalue weighted by atomic mass is 35.5. The van der Waals surface area contributed by atoms with E-state index in [2.05, 4.69) is 4.74 Å². The first-order chi connectivity index (χ1) is 11.2. The number of methoxy groups -OCH3 is 1. The van der Waals surface area contributed by atoms with E-state index in [0.29, 0.717) is 12.8 Å². The van der Waals surface area contributed by atoms with Crippen LogP contribution in [0.1, 0.15) is 26.2 Å². The van der Waals surface area contributed by atoms with Crippen molar-refractivity contribution in [2.24, 2.45) is 5.73 Å². The molecule has 0 bridgehead atoms. The van der Waals surface area contributed by atoms with E-state index in [4.69, 9.17) is 5.73 Å². The molecule has 1 aliphatic heterocycles. The molecule has 1 heterocycles. The molecule has 0 aliphatic carbocycles. The van der Waals surface area contributed by atoms with Crippen LogP contribution in [0.2, 0.25) is 0 Å². The fraction of sp³-hybridized carbons (Fsp3) is 0.571. The third-order valence-electron chi connectivity index (χ3n) is 4.11. The van der Waals surface area contributed by atoms with Crippen LogP contribution in [-0.2, 0) is 10.0 Å². The molecule has 2 atom stereocenters. The number of hydrogen-bond donors (Lipinski definition) is 1. The number of halogens is 2. The smallest absolute Gasteiger partial charge is 0.315 e. The number of nitro groups is 1. The molecule has 0 spiro atoms. The van der Waals surface area contributed by atoms with Gasteiger partial charge in [0.05, 0.1) is 16.9 Å². The Balaban J connectivity index is 0.00000312. The summed E-state index contributed by atoms with van der Waals surface area (Å²) in [7, 11) is -3.03. The minimum Gasteiger partial charge on any atom is -0.488 e. The van der Waals surface area contributed by atoms with Gasteiger partial charge in [-0.05, 0) is 25.8 Å². The van der Waals surface area contributed by atoms with E-state index >= 15 is 0 Å². The highest BCUT2D eigenvalue weighted by molar-refractivity contribution is 7.89. The van der Waals surface area contributed by atoms with Gasteiger partial charge in [0.2, 0.25) is 15.8 Å². The maximum Gasteiger partial charge on any atom is 0.315 e. The Morgan fingerprint density at radius 2 is 2.08 bits per heavy atom. The van der Waals surface area contributed by atoms with Gasteiger partial charge in [-0.2, -0.15) is 4.31 Å². The molecule has 1 aromatic carbocycles. The molecular formula is C14H21ClFN3O5S. The van der Waals surface area contributed by atoms with Crippen LogP contribution in [0.25, 0.3) is 0 Å². The number of nitrogens with two attached hydrogens (primary N) is 1. The minimum atomic E-state index is -4.11. The summed E-state index contributed by atoms with van der Waals surface area (Å²) >= 11 is 0. The molecule has 11 heteroatoms. The third-order valence-corrected chi connectivity index (χ3v) is 6.01. The van der Waals surface area contributed by atoms with Crippen molar-refractivity contribution in [3.05, 3.63) is 28.1 Å². The van der Waals surface area contributed by atoms with Gasteiger partial charge in [0, 0.05) is 24.7 Å². The van der Waals surface area contributed by atoms with Gasteiger partial charge in [-0.1, -0.05) is 6.42 Å². The summed E-state index contributed by atoms with van der Waals surface area (Å²) < 4.78 is 45.7. The second-order valence-corrected chi connectivity index (χ2v) is 7.64. The second-order valence-electron chi connectivity index (χ2n) is 5.75. The Bertz CT molecular complexity index is 744. The molecule has 1 saturated heterocycles. The minimum absolute atomic E-state index is 0. The van der Waals surface area contributed by atoms with Crippen molar-refractivity contribution in [2.45, 2.75) is 43.2 Å². The van der Waals surface area contributed by atoms with Crippen LogP contribution >= 0.6 is 12.4 Å². The highest BCUT2D eigenvalue weighted by Gasteiger charge is 2.37. The number of nitrogens with zero attached hydrogens (tertiary/aromatic N) is 2. The Labute approximate surface area is 151 Å². The van der Waals surface area contributed by atoms with E-state index < -0.39 is 49.2 Å². The average Bonchev–Trinajstić information content (AvgIpc) is 2.53. The van der Waals surface area contributed by atoms with Crippen molar-refractivity contribution < 1.29 is 22.5 Å². The summed E-state index contributed by atoms with van der Waals surface area (Å²) in [6.45, 7) is 1.95. The largest absolute Gasteiger partial charge is 0.488 e. The van der Waals surface area contributed by atoms with Crippen LogP contribution in [0.3, 0.4) is 0 Å². The number of rotatable bonds is 5. The zero-order valence-electron chi connectivity index (χ0n) is 13.8. The Hall–Kier alpha value is -1.49. The molecule has 142 valence electrons. The maximum atomic E-state index is 14.1. The molecule has 0 aromatic heterocycles. The van der Waals surface area contributed by atoms with Crippen LogP contribution < -0.4 is 10.5 Å². The Morgan fingerprint density at radius 1 is 1.44 bits per heavy atom. The summed E-state index contributed by atoms with van der Waals surface area (Å²) in [5.41, 5.74) is 5.15. The number of piperidine rings is 1. The quantitative estimate of drug-likeness (QED) is 0.600. The lowest BCUT2D eigenvalue weighted by molar-refractivity contribution is -0.386. The Morgan fingerprint density at radius 3 is 2.60 bits per heavy atom. The van der Waals surface area contributed by atoms with Crippen LogP contribution in [0.15, 0.2) is 17.0 Å². The summed E-state index contributed by atoms with van der Waals surface area (Å²) in [4.78, 5) is 9.74. The lowest BCUT2D eigenvalue weighted by atomic mass is 10.00. The summed E-state index contributed by atoms with van der Waals surface area (Å²) in [6.07, 6.45) is 2.09. The van der Waals surface area contributed by atoms with E-state index in [0.717, 1.165) is 25.7 Å². The highest BCUT2D eigenvalue weighted by Crippen LogP contribution is 2.35. The molecule has 2 rings (SSSR count). The summed E-state index contributed by atoms with van der Waals surface area (Å²) in [5, 5.41) is 11.1. The number of hydrogen-bond acceptors (Lipinski definition) is 6. The van der Waals surface area contributed by atoms with E-state index in [1.54, 1.807) is 6.92 Å². The molecular weight excluding hydrogens is 377 g/mol. The summed E-state index contributed by atoms with van der Waals surface area (Å²) in [5.74, 6) is -1.69. The Kier molecular flexibility index (Phi) is 7.12. The predicted molar refractivity (Wildman–Crippen MR) is 92.0 cm³/mol. The molecule has 2 unspecified atom stereocenters. The fourth-order valence-corrected chi connectivity index (χ4v) is 4.74. The molecule has 8 nitrogen and oxygen atoms in total. The number of ether oxygens (including phenoxy) is 1. The van der Waals surface area contributed by atoms with Gasteiger partial charge >= 0.3 is 5.69 Å². The van der Waals surface area contributed by atoms with E-state index in [1.165, 1.54) is 4.31 Å². The molecule has 2 N–H and O–H groups in total. The maximum absolute atomic E-state index is 14.1. The second kappa shape index (κ2) is 8.26. The zero-order valence-corrected chi connectivity index (χ0v) is 15.5. The van der Waals surface area contributed by atoms with Crippen molar-refractivity contribution in [3.8, 4) is 5.75 Å². The van der Waals surface area contributed by atoms with Crippen molar-refractivity contribution in [1.82, 2.24) is 4.31 Å². The first kappa shape index (κ1) is 21.6. The van der Waals surface area contributed by atoms with Crippen molar-refractivity contribution >= 4 is 28.1 Å². The van der Waals surface area contributed by atoms with Gasteiger partial charge in [0.15, 0.2) is 5.82 Å². The molecule has 0 saturated carbocycles. The predicted octanol–water partition coefficient (Wildman–Crippen LogP) is 2.05. The topological polar surface area (TPSA) is 116 Å². The van der Waals surface area contributed by atoms with Crippen molar-refractivity contribution in [2.75, 3.05) is 13.7 Å². The lowest BCUT2D eigenvalue weighted by Gasteiger charge is -2.36. The number of benzene rings is 1. The van der Waals surface area contributed by atoms with Gasteiger partial charge in [0.25, 0.3) is 0 Å². The van der Waals surface area contributed by atoms with Crippen LogP contribution in [0.5, 0.6) is 5.75 Å². The standard InChI is InChI=1S/C14H20FN3O5S.ClH/c1-9(16)12-5-3-4-6-17(12)24(21,22)10-7-11(15)14(23-2)13(8-10)18(19)20;/h7-9,12H,3-6,16H2,1-2H3;1H. The van der Waals surface area contributed by atoms with Gasteiger partial charge in [0.1, 0.15) is 0 Å². The first-order valence-electron chi connectivity index (χ1n) is 7.49. The fourth-order valence-electron chi connectivity index (χ4n) is 2.93. The lowest BCUT2D eigenvalue weighted by Crippen LogP contribution is -2.51. The zero-order chi connectivity index (χ0) is 18.1. The van der Waals surface area contributed by atoms with Gasteiger partial charge < -0.3 is 10.5 Å². The number of nitro benzene ring substituents is 1. The van der Waals surface area contributed by atoms with E-state index in [-0.39, 0.29) is 19.0 Å². The molecule has 0 radical (unpaired) electrons. The van der Waals surface area contributed by atoms with Crippen molar-refractivity contribution in [1.29, 1.82) is 0 Å². The van der Waals surface area contributed by atoms with Crippen LogP contribution in [0, 0.1) is 15.9 Å². The molecule has 25 heavy (non-hydrogen) atoms. The van der Waals surface area contributed by atoms with Crippen LogP contribution in [0.4, 0.5) is 10.1 Å². The first-order valence-corrected chi connectivity index (χ1v) is 8.93. The number of sulfonamides is 1. The van der Waals surface area contributed by atoms with E-state index in [1.807, 2.05) is 0 Å². The molecule has 1 aromatic rings. The van der Waals surface area contributed by atoms with Crippen LogP contribution in [-0.4, -0.2) is 43.4 Å². The van der Waals surface area contributed by atoms with Gasteiger partial charge in [-0.25, -0.2) is 12.8 Å². The molecule has 0 amide bonds. The molecule has 1 aliphatic rings. The summed E-state index contributed by atoms with van der Waals surface area (Å²) in [6, 6.07) is 0.740. The van der Waals surface area contributed by atoms with Gasteiger partial charge in [-0.15, -0.1) is 12.4 Å². The van der Waals surface area contributed by atoms with Crippen molar-refractivity contribution in [3.63, 3.8) is 0 Å². The SMILES string of the molecule is COc1c(F)cc(S(=O)(=O)N2CCCCC2C(C)N)cc1[N+](=O)[O-].Cl. The van der Waals surface area contributed by atoms with Gasteiger partial charge in [-0.3, -0.25) is 10.1 Å². The van der Waals surface area contributed by atoms with E-state index in [9.17, 15) is 22.9 Å².